The molecule has 116 valence electrons. The molecule has 0 amide bonds. The molecule has 0 heterocycles. The number of ether oxygens (including phenoxy) is 1. The Morgan fingerprint density at radius 1 is 1.35 bits per heavy atom. The van der Waals surface area contributed by atoms with Crippen molar-refractivity contribution >= 4 is 11.9 Å². The topological polar surface area (TPSA) is 116 Å². The van der Waals surface area contributed by atoms with Gasteiger partial charge in [-0.25, -0.2) is 9.59 Å². The minimum absolute atomic E-state index is 0.239. The zero-order chi connectivity index (χ0) is 15.3. The molecule has 20 heavy (non-hydrogen) atoms. The summed E-state index contributed by atoms with van der Waals surface area (Å²) in [5.74, 6) is -2.16. The van der Waals surface area contributed by atoms with Crippen LogP contribution in [0.25, 0.3) is 0 Å². The van der Waals surface area contributed by atoms with Gasteiger partial charge in [-0.2, -0.15) is 0 Å². The predicted octanol–water partition coefficient (Wildman–Crippen LogP) is 0.875. The fourth-order valence-electron chi connectivity index (χ4n) is 2.56. The molecule has 1 unspecified atom stereocenters. The van der Waals surface area contributed by atoms with Gasteiger partial charge in [-0.05, 0) is 44.1 Å². The summed E-state index contributed by atoms with van der Waals surface area (Å²) < 4.78 is 5.35. The van der Waals surface area contributed by atoms with Crippen LogP contribution in [0.4, 0.5) is 0 Å². The second-order valence-corrected chi connectivity index (χ2v) is 5.77. The van der Waals surface area contributed by atoms with Gasteiger partial charge in [0.15, 0.2) is 0 Å². The van der Waals surface area contributed by atoms with Crippen molar-refractivity contribution in [2.24, 2.45) is 23.3 Å². The summed E-state index contributed by atoms with van der Waals surface area (Å²) in [7, 11) is 0. The third-order valence-corrected chi connectivity index (χ3v) is 4.48. The highest BCUT2D eigenvalue weighted by molar-refractivity contribution is 6.04. The van der Waals surface area contributed by atoms with E-state index in [0.717, 1.165) is 25.7 Å². The molecule has 1 rings (SSSR count). The summed E-state index contributed by atoms with van der Waals surface area (Å²) >= 11 is 0. The van der Waals surface area contributed by atoms with Crippen LogP contribution in [-0.2, 0) is 14.3 Å². The van der Waals surface area contributed by atoms with Crippen LogP contribution in [-0.4, -0.2) is 35.2 Å². The molecule has 0 aromatic heterocycles. The number of nitrogens with two attached hydrogens (primary N) is 2. The van der Waals surface area contributed by atoms with Crippen molar-refractivity contribution in [3.63, 3.8) is 0 Å². The maximum absolute atomic E-state index is 12.2. The van der Waals surface area contributed by atoms with E-state index in [0.29, 0.717) is 18.9 Å². The van der Waals surface area contributed by atoms with E-state index in [1.165, 1.54) is 0 Å². The molecule has 0 saturated heterocycles. The Morgan fingerprint density at radius 2 is 1.90 bits per heavy atom. The normalized spacial score (nSPS) is 27.4. The standard InChI is InChI=1S/C14H26N2O4/c1-3-9(2)14(16,12(17)18)13(19)20-11-6-4-10(8-15)5-7-11/h9-11H,3-8,15-16H2,1-2H3,(H,17,18)/t9?,10?,11?,14-/m1/s1. The van der Waals surface area contributed by atoms with E-state index in [4.69, 9.17) is 16.2 Å². The smallest absolute Gasteiger partial charge is 0.338 e. The highest BCUT2D eigenvalue weighted by Gasteiger charge is 2.49. The van der Waals surface area contributed by atoms with Gasteiger partial charge in [0.25, 0.3) is 0 Å². The van der Waals surface area contributed by atoms with Crippen LogP contribution in [0.1, 0.15) is 46.0 Å². The average Bonchev–Trinajstić information content (AvgIpc) is 2.45. The van der Waals surface area contributed by atoms with Gasteiger partial charge >= 0.3 is 11.9 Å². The zero-order valence-electron chi connectivity index (χ0n) is 12.3. The molecule has 0 aromatic carbocycles. The summed E-state index contributed by atoms with van der Waals surface area (Å²) in [6, 6.07) is 0. The van der Waals surface area contributed by atoms with Crippen molar-refractivity contribution in [3.05, 3.63) is 0 Å². The van der Waals surface area contributed by atoms with E-state index < -0.39 is 23.4 Å². The van der Waals surface area contributed by atoms with Gasteiger partial charge < -0.3 is 21.3 Å². The van der Waals surface area contributed by atoms with Crippen LogP contribution >= 0.6 is 0 Å². The zero-order valence-corrected chi connectivity index (χ0v) is 12.3. The second-order valence-electron chi connectivity index (χ2n) is 5.77. The summed E-state index contributed by atoms with van der Waals surface area (Å²) in [5, 5.41) is 9.27. The van der Waals surface area contributed by atoms with E-state index in [9.17, 15) is 14.7 Å². The minimum atomic E-state index is -1.96. The van der Waals surface area contributed by atoms with Crippen LogP contribution in [0.15, 0.2) is 0 Å². The highest BCUT2D eigenvalue weighted by atomic mass is 16.5. The van der Waals surface area contributed by atoms with Gasteiger partial charge in [-0.1, -0.05) is 20.3 Å². The summed E-state index contributed by atoms with van der Waals surface area (Å²) in [6.45, 7) is 4.10. The van der Waals surface area contributed by atoms with Crippen LogP contribution in [0, 0.1) is 11.8 Å². The van der Waals surface area contributed by atoms with Crippen molar-refractivity contribution in [2.75, 3.05) is 6.54 Å². The fourth-order valence-corrected chi connectivity index (χ4v) is 2.56. The molecule has 6 nitrogen and oxygen atoms in total. The Bertz CT molecular complexity index is 353. The lowest BCUT2D eigenvalue weighted by molar-refractivity contribution is -0.169. The maximum atomic E-state index is 12.2. The molecule has 1 aliphatic rings. The van der Waals surface area contributed by atoms with E-state index in [1.807, 2.05) is 0 Å². The van der Waals surface area contributed by atoms with Crippen LogP contribution < -0.4 is 11.5 Å². The molecular weight excluding hydrogens is 260 g/mol. The molecule has 0 aliphatic heterocycles. The van der Waals surface area contributed by atoms with Crippen molar-refractivity contribution < 1.29 is 19.4 Å². The first-order valence-electron chi connectivity index (χ1n) is 7.29. The molecule has 0 radical (unpaired) electrons. The molecule has 1 aliphatic carbocycles. The quantitative estimate of drug-likeness (QED) is 0.493. The third kappa shape index (κ3) is 3.49. The van der Waals surface area contributed by atoms with Gasteiger partial charge in [0.05, 0.1) is 0 Å². The van der Waals surface area contributed by atoms with Crippen molar-refractivity contribution in [1.82, 2.24) is 0 Å². The van der Waals surface area contributed by atoms with E-state index >= 15 is 0 Å². The number of hydrogen-bond donors (Lipinski definition) is 3. The van der Waals surface area contributed by atoms with E-state index in [1.54, 1.807) is 13.8 Å². The van der Waals surface area contributed by atoms with Crippen LogP contribution in [0.5, 0.6) is 0 Å². The fraction of sp³-hybridized carbons (Fsp3) is 0.857. The molecule has 0 bridgehead atoms. The van der Waals surface area contributed by atoms with E-state index in [-0.39, 0.29) is 6.10 Å². The van der Waals surface area contributed by atoms with E-state index in [2.05, 4.69) is 0 Å². The number of carbonyl (C=O) groups excluding carboxylic acids is 1. The van der Waals surface area contributed by atoms with Crippen molar-refractivity contribution in [3.8, 4) is 0 Å². The molecule has 6 heteroatoms. The van der Waals surface area contributed by atoms with Crippen molar-refractivity contribution in [2.45, 2.75) is 57.6 Å². The monoisotopic (exact) mass is 286 g/mol. The average molecular weight is 286 g/mol. The Hall–Kier alpha value is -1.14. The van der Waals surface area contributed by atoms with Crippen molar-refractivity contribution in [1.29, 1.82) is 0 Å². The summed E-state index contributed by atoms with van der Waals surface area (Å²) in [4.78, 5) is 23.5. The number of esters is 1. The number of carboxylic acid groups (broad SMARTS) is 1. The molecule has 2 atom stereocenters. The van der Waals surface area contributed by atoms with Gasteiger partial charge in [0.1, 0.15) is 6.10 Å². The molecule has 0 aromatic rings. The van der Waals surface area contributed by atoms with Gasteiger partial charge in [-0.15, -0.1) is 0 Å². The van der Waals surface area contributed by atoms with Gasteiger partial charge in [0, 0.05) is 0 Å². The number of hydrogen-bond acceptors (Lipinski definition) is 5. The lowest BCUT2D eigenvalue weighted by Gasteiger charge is -2.32. The number of rotatable bonds is 6. The summed E-state index contributed by atoms with van der Waals surface area (Å²) in [6.07, 6.45) is 3.52. The largest absolute Gasteiger partial charge is 0.479 e. The van der Waals surface area contributed by atoms with Crippen LogP contribution in [0.2, 0.25) is 0 Å². The first-order valence-corrected chi connectivity index (χ1v) is 7.29. The van der Waals surface area contributed by atoms with Crippen LogP contribution in [0.3, 0.4) is 0 Å². The SMILES string of the molecule is CCC(C)[C@@](N)(C(=O)O)C(=O)OC1CCC(CN)CC1. The lowest BCUT2D eigenvalue weighted by atomic mass is 9.83. The first kappa shape index (κ1) is 16.9. The molecule has 1 fully saturated rings. The Morgan fingerprint density at radius 3 is 2.30 bits per heavy atom. The number of carbonyl (C=O) groups is 2. The Kier molecular flexibility index (Phi) is 5.95. The second kappa shape index (κ2) is 7.04. The van der Waals surface area contributed by atoms with Gasteiger partial charge in [0.2, 0.25) is 5.54 Å². The molecule has 0 spiro atoms. The Labute approximate surface area is 119 Å². The minimum Gasteiger partial charge on any atom is -0.479 e. The Balaban J connectivity index is 2.66. The lowest BCUT2D eigenvalue weighted by Crippen LogP contribution is -2.60. The molecule has 1 saturated carbocycles. The highest BCUT2D eigenvalue weighted by Crippen LogP contribution is 2.28. The first-order chi connectivity index (χ1) is 9.36. The predicted molar refractivity (Wildman–Crippen MR) is 74.9 cm³/mol. The third-order valence-electron chi connectivity index (χ3n) is 4.48. The molecular formula is C14H26N2O4. The maximum Gasteiger partial charge on any atom is 0.338 e. The number of aliphatic carboxylic acids is 1. The number of carboxylic acids is 1. The summed E-state index contributed by atoms with van der Waals surface area (Å²) in [5.41, 5.74) is 9.47. The molecule has 5 N–H and O–H groups in total. The van der Waals surface area contributed by atoms with Gasteiger partial charge in [-0.3, -0.25) is 0 Å².